The van der Waals surface area contributed by atoms with E-state index >= 15 is 0 Å². The molecule has 0 spiro atoms. The molecule has 1 unspecified atom stereocenters. The smallest absolute Gasteiger partial charge is 0.133 e. The van der Waals surface area contributed by atoms with Gasteiger partial charge in [0.05, 0.1) is 12.0 Å². The molecule has 0 fully saturated rings. The second-order valence-corrected chi connectivity index (χ2v) is 3.30. The Kier molecular flexibility index (Phi) is 2.83. The van der Waals surface area contributed by atoms with Crippen LogP contribution in [0.3, 0.4) is 0 Å². The van der Waals surface area contributed by atoms with Gasteiger partial charge in [-0.15, -0.1) is 0 Å². The summed E-state index contributed by atoms with van der Waals surface area (Å²) in [5, 5.41) is 0. The van der Waals surface area contributed by atoms with Gasteiger partial charge in [-0.3, -0.25) is 4.21 Å². The lowest BCUT2D eigenvalue weighted by atomic mass is 10.2. The Labute approximate surface area is 73.7 Å². The van der Waals surface area contributed by atoms with E-state index in [-0.39, 0.29) is 4.90 Å². The zero-order valence-electron chi connectivity index (χ0n) is 6.87. The summed E-state index contributed by atoms with van der Waals surface area (Å²) in [6.07, 6.45) is 0. The van der Waals surface area contributed by atoms with Crippen molar-refractivity contribution in [2.24, 2.45) is 0 Å². The van der Waals surface area contributed by atoms with Crippen molar-refractivity contribution < 1.29 is 13.5 Å². The Bertz CT molecular complexity index is 309. The van der Waals surface area contributed by atoms with Gasteiger partial charge in [-0.25, -0.2) is 0 Å². The topological polar surface area (TPSA) is 49.4 Å². The number of ether oxygens (including phenoxy) is 1. The van der Waals surface area contributed by atoms with Gasteiger partial charge in [0.1, 0.15) is 5.75 Å². The van der Waals surface area contributed by atoms with Crippen molar-refractivity contribution in [3.8, 4) is 5.75 Å². The minimum absolute atomic E-state index is 0.206. The van der Waals surface area contributed by atoms with E-state index in [0.29, 0.717) is 5.75 Å². The molecule has 1 atom stereocenters. The predicted octanol–water partition coefficient (Wildman–Crippen LogP) is 1.24. The molecule has 0 saturated carbocycles. The largest absolute Gasteiger partial charge is 0.768 e. The van der Waals surface area contributed by atoms with Crippen LogP contribution in [0.4, 0.5) is 0 Å². The first kappa shape index (κ1) is 9.22. The first-order valence-corrected chi connectivity index (χ1v) is 4.46. The van der Waals surface area contributed by atoms with Gasteiger partial charge in [0.25, 0.3) is 0 Å². The van der Waals surface area contributed by atoms with Gasteiger partial charge in [0.15, 0.2) is 0 Å². The van der Waals surface area contributed by atoms with Crippen molar-refractivity contribution in [2.75, 3.05) is 7.11 Å². The zero-order chi connectivity index (χ0) is 9.14. The maximum atomic E-state index is 10.7. The molecule has 3 nitrogen and oxygen atoms in total. The monoisotopic (exact) mass is 185 g/mol. The number of hydrogen-bond donors (Lipinski definition) is 0. The summed E-state index contributed by atoms with van der Waals surface area (Å²) < 4.78 is 26.2. The predicted molar refractivity (Wildman–Crippen MR) is 44.9 cm³/mol. The molecular weight excluding hydrogens is 176 g/mol. The van der Waals surface area contributed by atoms with Crippen LogP contribution >= 0.6 is 0 Å². The molecule has 0 radical (unpaired) electrons. The van der Waals surface area contributed by atoms with E-state index in [4.69, 9.17) is 4.74 Å². The van der Waals surface area contributed by atoms with E-state index in [1.54, 1.807) is 18.2 Å². The van der Waals surface area contributed by atoms with Gasteiger partial charge < -0.3 is 9.29 Å². The van der Waals surface area contributed by atoms with Gasteiger partial charge in [-0.1, -0.05) is 6.07 Å². The quantitative estimate of drug-likeness (QED) is 0.651. The van der Waals surface area contributed by atoms with E-state index < -0.39 is 11.1 Å². The van der Waals surface area contributed by atoms with Gasteiger partial charge >= 0.3 is 0 Å². The van der Waals surface area contributed by atoms with Gasteiger partial charge in [0, 0.05) is 0 Å². The number of rotatable bonds is 2. The summed E-state index contributed by atoms with van der Waals surface area (Å²) in [4.78, 5) is 0.206. The first-order valence-electron chi connectivity index (χ1n) is 3.39. The summed E-state index contributed by atoms with van der Waals surface area (Å²) in [7, 11) is 1.45. The average Bonchev–Trinajstić information content (AvgIpc) is 2.04. The minimum Gasteiger partial charge on any atom is -0.768 e. The molecule has 1 rings (SSSR count). The van der Waals surface area contributed by atoms with Crippen molar-refractivity contribution >= 4 is 11.1 Å². The molecule has 0 bridgehead atoms. The highest BCUT2D eigenvalue weighted by atomic mass is 32.2. The second kappa shape index (κ2) is 3.69. The molecule has 66 valence electrons. The summed E-state index contributed by atoms with van der Waals surface area (Å²) in [5.74, 6) is 0.383. The summed E-state index contributed by atoms with van der Waals surface area (Å²) in [5.41, 5.74) is 0.898. The van der Waals surface area contributed by atoms with Crippen LogP contribution in [0.2, 0.25) is 0 Å². The average molecular weight is 185 g/mol. The summed E-state index contributed by atoms with van der Waals surface area (Å²) in [6, 6.07) is 5.01. The zero-order valence-corrected chi connectivity index (χ0v) is 7.68. The Morgan fingerprint density at radius 1 is 1.50 bits per heavy atom. The lowest BCUT2D eigenvalue weighted by molar-refractivity contribution is 0.401. The van der Waals surface area contributed by atoms with Crippen molar-refractivity contribution in [2.45, 2.75) is 11.8 Å². The number of methoxy groups -OCH3 is 1. The fraction of sp³-hybridized carbons (Fsp3) is 0.250. The van der Waals surface area contributed by atoms with Crippen LogP contribution in [0.1, 0.15) is 5.56 Å². The Morgan fingerprint density at radius 2 is 2.17 bits per heavy atom. The molecule has 0 heterocycles. The van der Waals surface area contributed by atoms with Crippen LogP contribution < -0.4 is 4.74 Å². The Morgan fingerprint density at radius 3 is 2.67 bits per heavy atom. The third-order valence-electron chi connectivity index (χ3n) is 1.50. The highest BCUT2D eigenvalue weighted by Crippen LogP contribution is 2.21. The van der Waals surface area contributed by atoms with Gasteiger partial charge in [-0.05, 0) is 35.7 Å². The number of benzene rings is 1. The molecule has 0 aliphatic carbocycles. The minimum atomic E-state index is -2.23. The van der Waals surface area contributed by atoms with Crippen molar-refractivity contribution in [1.29, 1.82) is 0 Å². The molecule has 0 N–H and O–H groups in total. The molecule has 0 amide bonds. The molecule has 0 aliphatic rings. The van der Waals surface area contributed by atoms with Gasteiger partial charge in [0.2, 0.25) is 0 Å². The standard InChI is InChI=1S/C8H10O3S/c1-6-3-4-7(11-2)8(5-6)12(9)10/h3-5H,1-2H3,(H,9,10)/p-1. The second-order valence-electron chi connectivity index (χ2n) is 2.39. The molecule has 0 saturated heterocycles. The Balaban J connectivity index is 3.21. The fourth-order valence-electron chi connectivity index (χ4n) is 0.914. The normalized spacial score (nSPS) is 12.6. The Hall–Kier alpha value is -0.870. The third-order valence-corrected chi connectivity index (χ3v) is 2.18. The van der Waals surface area contributed by atoms with E-state index in [2.05, 4.69) is 0 Å². The molecule has 0 aliphatic heterocycles. The van der Waals surface area contributed by atoms with Crippen molar-refractivity contribution in [3.63, 3.8) is 0 Å². The molecule has 1 aromatic carbocycles. The fourth-order valence-corrected chi connectivity index (χ4v) is 1.51. The highest BCUT2D eigenvalue weighted by Gasteiger charge is 2.02. The first-order chi connectivity index (χ1) is 5.65. The molecule has 12 heavy (non-hydrogen) atoms. The summed E-state index contributed by atoms with van der Waals surface area (Å²) >= 11 is -2.23. The van der Waals surface area contributed by atoms with Gasteiger partial charge in [-0.2, -0.15) is 0 Å². The van der Waals surface area contributed by atoms with Crippen molar-refractivity contribution in [1.82, 2.24) is 0 Å². The van der Waals surface area contributed by atoms with Crippen molar-refractivity contribution in [3.05, 3.63) is 23.8 Å². The van der Waals surface area contributed by atoms with E-state index in [1.165, 1.54) is 7.11 Å². The van der Waals surface area contributed by atoms with Crippen LogP contribution in [0.25, 0.3) is 0 Å². The van der Waals surface area contributed by atoms with Crippen LogP contribution in [-0.2, 0) is 11.1 Å². The number of aryl methyl sites for hydroxylation is 1. The van der Waals surface area contributed by atoms with E-state index in [1.807, 2.05) is 6.92 Å². The molecule has 4 heteroatoms. The summed E-state index contributed by atoms with van der Waals surface area (Å²) in [6.45, 7) is 1.83. The maximum absolute atomic E-state index is 10.7. The SMILES string of the molecule is COc1ccc(C)cc1S(=O)[O-]. The van der Waals surface area contributed by atoms with Crippen LogP contribution in [0.5, 0.6) is 5.75 Å². The van der Waals surface area contributed by atoms with E-state index in [9.17, 15) is 8.76 Å². The van der Waals surface area contributed by atoms with Crippen LogP contribution in [0.15, 0.2) is 23.1 Å². The number of hydrogen-bond acceptors (Lipinski definition) is 3. The lowest BCUT2D eigenvalue weighted by Gasteiger charge is -2.10. The molecule has 1 aromatic rings. The molecular formula is C8H9O3S-. The van der Waals surface area contributed by atoms with Crippen LogP contribution in [-0.4, -0.2) is 15.9 Å². The lowest BCUT2D eigenvalue weighted by Crippen LogP contribution is -1.95. The van der Waals surface area contributed by atoms with E-state index in [0.717, 1.165) is 5.56 Å². The third kappa shape index (κ3) is 1.84. The van der Waals surface area contributed by atoms with Crippen LogP contribution in [0, 0.1) is 6.92 Å². The maximum Gasteiger partial charge on any atom is 0.133 e. The molecule has 0 aromatic heterocycles. The highest BCUT2D eigenvalue weighted by molar-refractivity contribution is 7.79.